The Morgan fingerprint density at radius 3 is 2.61 bits per heavy atom. The average Bonchev–Trinajstić information content (AvgIpc) is 2.99. The number of hydrogen-bond donors (Lipinski definition) is 0. The summed E-state index contributed by atoms with van der Waals surface area (Å²) >= 11 is 1.40. The number of fused-ring (bicyclic) bond motifs is 1. The highest BCUT2D eigenvalue weighted by atomic mass is 32.1. The van der Waals surface area contributed by atoms with Crippen molar-refractivity contribution >= 4 is 28.8 Å². The van der Waals surface area contributed by atoms with E-state index in [9.17, 15) is 14.0 Å². The number of anilines is 1. The molecule has 0 radical (unpaired) electrons. The number of thiophene rings is 1. The van der Waals surface area contributed by atoms with Crippen LogP contribution in [0.4, 0.5) is 10.1 Å². The number of aryl methyl sites for hydroxylation is 1. The Morgan fingerprint density at radius 1 is 1.06 bits per heavy atom. The normalized spacial score (nSPS) is 18.4. The van der Waals surface area contributed by atoms with Gasteiger partial charge in [0.2, 0.25) is 5.91 Å². The first-order valence-electron chi connectivity index (χ1n) is 11.7. The van der Waals surface area contributed by atoms with Gasteiger partial charge in [0, 0.05) is 42.7 Å². The molecule has 4 rings (SSSR count). The summed E-state index contributed by atoms with van der Waals surface area (Å²) in [7, 11) is 0. The Kier molecular flexibility index (Phi) is 7.46. The molecular weight excluding hydrogens is 439 g/mol. The molecule has 1 fully saturated rings. The highest BCUT2D eigenvalue weighted by Gasteiger charge is 2.31. The first-order valence-corrected chi connectivity index (χ1v) is 12.5. The molecule has 2 aliphatic rings. The third-order valence-corrected chi connectivity index (χ3v) is 7.58. The molecule has 1 aromatic carbocycles. The molecule has 0 unspecified atom stereocenters. The van der Waals surface area contributed by atoms with Crippen LogP contribution in [-0.2, 0) is 11.3 Å². The number of rotatable bonds is 5. The lowest BCUT2D eigenvalue weighted by Gasteiger charge is -2.28. The van der Waals surface area contributed by atoms with Gasteiger partial charge in [-0.3, -0.25) is 14.5 Å². The molecule has 0 bridgehead atoms. The van der Waals surface area contributed by atoms with Crippen molar-refractivity contribution in [2.24, 2.45) is 0 Å². The maximum atomic E-state index is 14.9. The van der Waals surface area contributed by atoms with E-state index in [1.807, 2.05) is 13.0 Å². The fourth-order valence-electron chi connectivity index (χ4n) is 4.65. The molecule has 2 aromatic rings. The number of carbonyl (C=O) groups excluding carboxylic acids is 2. The second-order valence-corrected chi connectivity index (χ2v) is 10.5. The molecule has 0 saturated carbocycles. The monoisotopic (exact) mass is 472 g/mol. The summed E-state index contributed by atoms with van der Waals surface area (Å²) in [6.07, 6.45) is 1.10. The predicted molar refractivity (Wildman–Crippen MR) is 130 cm³/mol. The minimum atomic E-state index is -0.380. The first-order chi connectivity index (χ1) is 15.8. The standard InChI is InChI=1S/C25H33FN4O2S/c1-18(2)28-11-5-10-27(12-14-28)13-15-30-22-7-4-6-21(26)20(22)16-29(17-24(30)31)25(32)23-9-8-19(3)33-23/h4,6-9,18H,5,10-17H2,1-3H3. The number of halogens is 1. The van der Waals surface area contributed by atoms with E-state index in [0.29, 0.717) is 28.7 Å². The molecule has 1 saturated heterocycles. The molecule has 0 spiro atoms. The lowest BCUT2D eigenvalue weighted by Crippen LogP contribution is -2.43. The minimum Gasteiger partial charge on any atom is -0.324 e. The molecule has 178 valence electrons. The quantitative estimate of drug-likeness (QED) is 0.667. The van der Waals surface area contributed by atoms with Gasteiger partial charge in [-0.1, -0.05) is 6.07 Å². The number of amides is 2. The number of nitrogens with zero attached hydrogens (tertiary/aromatic N) is 4. The molecule has 33 heavy (non-hydrogen) atoms. The van der Waals surface area contributed by atoms with E-state index >= 15 is 0 Å². The largest absolute Gasteiger partial charge is 0.324 e. The summed E-state index contributed by atoms with van der Waals surface area (Å²) in [6, 6.07) is 9.03. The smallest absolute Gasteiger partial charge is 0.264 e. The van der Waals surface area contributed by atoms with E-state index in [0.717, 1.165) is 44.0 Å². The third-order valence-electron chi connectivity index (χ3n) is 6.59. The van der Waals surface area contributed by atoms with Gasteiger partial charge >= 0.3 is 0 Å². The van der Waals surface area contributed by atoms with Crippen LogP contribution in [0.5, 0.6) is 0 Å². The second-order valence-electron chi connectivity index (χ2n) is 9.18. The fourth-order valence-corrected chi connectivity index (χ4v) is 5.49. The van der Waals surface area contributed by atoms with E-state index in [1.165, 1.54) is 22.3 Å². The Morgan fingerprint density at radius 2 is 1.88 bits per heavy atom. The molecule has 6 nitrogen and oxygen atoms in total. The van der Waals surface area contributed by atoms with E-state index in [-0.39, 0.29) is 30.7 Å². The van der Waals surface area contributed by atoms with E-state index in [4.69, 9.17) is 0 Å². The molecule has 0 atom stereocenters. The summed E-state index contributed by atoms with van der Waals surface area (Å²) < 4.78 is 14.9. The van der Waals surface area contributed by atoms with Crippen molar-refractivity contribution in [2.75, 3.05) is 50.7 Å². The van der Waals surface area contributed by atoms with Crippen LogP contribution in [0.1, 0.15) is 40.4 Å². The highest BCUT2D eigenvalue weighted by molar-refractivity contribution is 7.13. The van der Waals surface area contributed by atoms with Crippen LogP contribution in [0.25, 0.3) is 0 Å². The summed E-state index contributed by atoms with van der Waals surface area (Å²) in [5.74, 6) is -0.770. The SMILES string of the molecule is Cc1ccc(C(=O)N2CC(=O)N(CCN3CCCN(C(C)C)CC3)c3cccc(F)c3C2)s1. The lowest BCUT2D eigenvalue weighted by molar-refractivity contribution is -0.119. The predicted octanol–water partition coefficient (Wildman–Crippen LogP) is 3.60. The van der Waals surface area contributed by atoms with Gasteiger partial charge in [0.25, 0.3) is 5.91 Å². The summed E-state index contributed by atoms with van der Waals surface area (Å²) in [6.45, 7) is 11.7. The van der Waals surface area contributed by atoms with Crippen molar-refractivity contribution in [3.8, 4) is 0 Å². The van der Waals surface area contributed by atoms with Crippen LogP contribution < -0.4 is 4.90 Å². The fraction of sp³-hybridized carbons (Fsp3) is 0.520. The minimum absolute atomic E-state index is 0.0506. The molecule has 0 aliphatic carbocycles. The maximum Gasteiger partial charge on any atom is 0.264 e. The van der Waals surface area contributed by atoms with E-state index in [1.54, 1.807) is 23.1 Å². The van der Waals surface area contributed by atoms with Crippen LogP contribution in [0, 0.1) is 12.7 Å². The molecule has 3 heterocycles. The Balaban J connectivity index is 1.51. The van der Waals surface area contributed by atoms with Crippen molar-refractivity contribution in [3.63, 3.8) is 0 Å². The number of hydrogen-bond acceptors (Lipinski definition) is 5. The second kappa shape index (κ2) is 10.3. The van der Waals surface area contributed by atoms with Crippen molar-refractivity contribution < 1.29 is 14.0 Å². The lowest BCUT2D eigenvalue weighted by atomic mass is 10.1. The van der Waals surface area contributed by atoms with Crippen LogP contribution in [0.2, 0.25) is 0 Å². The van der Waals surface area contributed by atoms with E-state index in [2.05, 4.69) is 23.6 Å². The highest BCUT2D eigenvalue weighted by Crippen LogP contribution is 2.29. The topological polar surface area (TPSA) is 47.1 Å². The van der Waals surface area contributed by atoms with Crippen molar-refractivity contribution in [3.05, 3.63) is 51.5 Å². The molecule has 2 aliphatic heterocycles. The van der Waals surface area contributed by atoms with Crippen molar-refractivity contribution in [1.29, 1.82) is 0 Å². The zero-order valence-corrected chi connectivity index (χ0v) is 20.5. The summed E-state index contributed by atoms with van der Waals surface area (Å²) in [5, 5.41) is 0. The maximum absolute atomic E-state index is 14.9. The van der Waals surface area contributed by atoms with E-state index < -0.39 is 0 Å². The first kappa shape index (κ1) is 23.9. The number of carbonyl (C=O) groups is 2. The van der Waals surface area contributed by atoms with Gasteiger partial charge in [0.15, 0.2) is 0 Å². The van der Waals surface area contributed by atoms with Crippen LogP contribution >= 0.6 is 11.3 Å². The molecule has 1 aromatic heterocycles. The van der Waals surface area contributed by atoms with Crippen molar-refractivity contribution in [2.45, 2.75) is 39.8 Å². The zero-order valence-electron chi connectivity index (χ0n) is 19.7. The van der Waals surface area contributed by atoms with Gasteiger partial charge in [-0.25, -0.2) is 4.39 Å². The molecular formula is C25H33FN4O2S. The number of benzene rings is 1. The van der Waals surface area contributed by atoms with Gasteiger partial charge in [0.05, 0.1) is 17.1 Å². The average molecular weight is 473 g/mol. The third kappa shape index (κ3) is 5.45. The molecule has 0 N–H and O–H groups in total. The van der Waals surface area contributed by atoms with Crippen molar-refractivity contribution in [1.82, 2.24) is 14.7 Å². The van der Waals surface area contributed by atoms with Gasteiger partial charge in [-0.05, 0) is 64.5 Å². The zero-order chi connectivity index (χ0) is 23.5. The van der Waals surface area contributed by atoms with Gasteiger partial charge < -0.3 is 14.7 Å². The van der Waals surface area contributed by atoms with Gasteiger partial charge in [-0.2, -0.15) is 0 Å². The Bertz CT molecular complexity index is 1010. The Hall–Kier alpha value is -2.29. The summed E-state index contributed by atoms with van der Waals surface area (Å²) in [4.78, 5) is 36.0. The van der Waals surface area contributed by atoms with Crippen LogP contribution in [0.15, 0.2) is 30.3 Å². The summed E-state index contributed by atoms with van der Waals surface area (Å²) in [5.41, 5.74) is 0.989. The molecule has 8 heteroatoms. The molecule has 2 amide bonds. The van der Waals surface area contributed by atoms with Crippen LogP contribution in [0.3, 0.4) is 0 Å². The Labute approximate surface area is 199 Å². The van der Waals surface area contributed by atoms with Crippen LogP contribution in [-0.4, -0.2) is 78.4 Å². The van der Waals surface area contributed by atoms with Gasteiger partial charge in [0.1, 0.15) is 12.4 Å². The van der Waals surface area contributed by atoms with Gasteiger partial charge in [-0.15, -0.1) is 11.3 Å².